The van der Waals surface area contributed by atoms with Crippen molar-refractivity contribution in [3.8, 4) is 0 Å². The highest BCUT2D eigenvalue weighted by atomic mass is 16.5. The van der Waals surface area contributed by atoms with E-state index in [1.54, 1.807) is 11.8 Å². The Morgan fingerprint density at radius 3 is 2.76 bits per heavy atom. The topological polar surface area (TPSA) is 83.6 Å². The first-order valence-electron chi connectivity index (χ1n) is 5.53. The van der Waals surface area contributed by atoms with Crippen molar-refractivity contribution in [2.24, 2.45) is 0 Å². The zero-order valence-corrected chi connectivity index (χ0v) is 9.55. The molecule has 1 saturated carbocycles. The lowest BCUT2D eigenvalue weighted by Gasteiger charge is -2.20. The van der Waals surface area contributed by atoms with Crippen LogP contribution in [0.2, 0.25) is 0 Å². The molecule has 0 aliphatic heterocycles. The summed E-state index contributed by atoms with van der Waals surface area (Å²) in [4.78, 5) is 24.3. The maximum absolute atomic E-state index is 12.2. The van der Waals surface area contributed by atoms with Crippen LogP contribution < -0.4 is 0 Å². The van der Waals surface area contributed by atoms with E-state index >= 15 is 0 Å². The van der Waals surface area contributed by atoms with Gasteiger partial charge in [0.25, 0.3) is 5.91 Å². The van der Waals surface area contributed by atoms with Gasteiger partial charge in [-0.15, -0.1) is 0 Å². The van der Waals surface area contributed by atoms with Crippen molar-refractivity contribution in [2.45, 2.75) is 32.2 Å². The van der Waals surface area contributed by atoms with Gasteiger partial charge in [-0.2, -0.15) is 0 Å². The van der Waals surface area contributed by atoms with E-state index in [2.05, 4.69) is 5.16 Å². The number of aliphatic carboxylic acids is 1. The number of carbonyl (C=O) groups is 2. The molecule has 1 aliphatic rings. The van der Waals surface area contributed by atoms with Gasteiger partial charge < -0.3 is 14.5 Å². The Hall–Kier alpha value is -1.85. The molecule has 0 aromatic carbocycles. The Labute approximate surface area is 98.2 Å². The fraction of sp³-hybridized carbons (Fsp3) is 0.545. The second-order valence-corrected chi connectivity index (χ2v) is 4.17. The SMILES string of the molecule is Cc1oncc1C(=O)N(CCC(=O)O)C1CC1. The minimum Gasteiger partial charge on any atom is -0.481 e. The number of aryl methyl sites for hydroxylation is 1. The van der Waals surface area contributed by atoms with Crippen molar-refractivity contribution < 1.29 is 19.2 Å². The molecular formula is C11H14N2O4. The van der Waals surface area contributed by atoms with Crippen LogP contribution in [-0.4, -0.2) is 39.6 Å². The summed E-state index contributed by atoms with van der Waals surface area (Å²) in [6.45, 7) is 1.91. The number of carboxylic acid groups (broad SMARTS) is 1. The number of hydrogen-bond donors (Lipinski definition) is 1. The molecule has 6 nitrogen and oxygen atoms in total. The van der Waals surface area contributed by atoms with Crippen LogP contribution in [-0.2, 0) is 4.79 Å². The highest BCUT2D eigenvalue weighted by Crippen LogP contribution is 2.28. The molecule has 6 heteroatoms. The van der Waals surface area contributed by atoms with Crippen molar-refractivity contribution in [3.63, 3.8) is 0 Å². The van der Waals surface area contributed by atoms with Crippen LogP contribution >= 0.6 is 0 Å². The molecule has 0 atom stereocenters. The summed E-state index contributed by atoms with van der Waals surface area (Å²) in [5.74, 6) is -0.617. The van der Waals surface area contributed by atoms with E-state index in [4.69, 9.17) is 9.63 Å². The average Bonchev–Trinajstić information content (AvgIpc) is 3.00. The monoisotopic (exact) mass is 238 g/mol. The first kappa shape index (κ1) is 11.6. The quantitative estimate of drug-likeness (QED) is 0.829. The van der Waals surface area contributed by atoms with E-state index in [0.29, 0.717) is 11.3 Å². The van der Waals surface area contributed by atoms with Crippen LogP contribution in [0.3, 0.4) is 0 Å². The predicted octanol–water partition coefficient (Wildman–Crippen LogP) is 1.06. The molecule has 1 aromatic heterocycles. The van der Waals surface area contributed by atoms with Gasteiger partial charge in [0.2, 0.25) is 0 Å². The Balaban J connectivity index is 2.08. The fourth-order valence-electron chi connectivity index (χ4n) is 1.71. The fourth-order valence-corrected chi connectivity index (χ4v) is 1.71. The summed E-state index contributed by atoms with van der Waals surface area (Å²) in [6, 6.07) is 0.177. The summed E-state index contributed by atoms with van der Waals surface area (Å²) < 4.78 is 4.85. The third-order valence-corrected chi connectivity index (χ3v) is 2.80. The Morgan fingerprint density at radius 2 is 2.29 bits per heavy atom. The number of nitrogens with zero attached hydrogens (tertiary/aromatic N) is 2. The molecule has 1 N–H and O–H groups in total. The summed E-state index contributed by atoms with van der Waals surface area (Å²) in [7, 11) is 0. The second-order valence-electron chi connectivity index (χ2n) is 4.17. The van der Waals surface area contributed by atoms with Crippen LogP contribution in [0.15, 0.2) is 10.7 Å². The lowest BCUT2D eigenvalue weighted by Crippen LogP contribution is -2.35. The molecule has 1 heterocycles. The van der Waals surface area contributed by atoms with Crippen molar-refractivity contribution in [2.75, 3.05) is 6.54 Å². The Bertz CT molecular complexity index is 436. The largest absolute Gasteiger partial charge is 0.481 e. The summed E-state index contributed by atoms with van der Waals surface area (Å²) >= 11 is 0. The molecule has 0 saturated heterocycles. The molecule has 0 unspecified atom stereocenters. The van der Waals surface area contributed by atoms with Gasteiger partial charge in [-0.3, -0.25) is 9.59 Å². The summed E-state index contributed by atoms with van der Waals surface area (Å²) in [5, 5.41) is 12.2. The molecule has 0 radical (unpaired) electrons. The van der Waals surface area contributed by atoms with Gasteiger partial charge in [0.1, 0.15) is 11.3 Å². The molecule has 2 rings (SSSR count). The van der Waals surface area contributed by atoms with Crippen LogP contribution in [0.1, 0.15) is 35.4 Å². The predicted molar refractivity (Wildman–Crippen MR) is 57.6 cm³/mol. The lowest BCUT2D eigenvalue weighted by atomic mass is 10.2. The number of rotatable bonds is 5. The number of carboxylic acids is 1. The van der Waals surface area contributed by atoms with Crippen molar-refractivity contribution in [3.05, 3.63) is 17.5 Å². The second kappa shape index (κ2) is 4.57. The van der Waals surface area contributed by atoms with Crippen LogP contribution in [0.4, 0.5) is 0 Å². The third-order valence-electron chi connectivity index (χ3n) is 2.80. The van der Waals surface area contributed by atoms with Gasteiger partial charge in [-0.1, -0.05) is 5.16 Å². The standard InChI is InChI=1S/C11H14N2O4/c1-7-9(6-12-17-7)11(16)13(8-2-3-8)5-4-10(14)15/h6,8H,2-5H2,1H3,(H,14,15). The zero-order valence-electron chi connectivity index (χ0n) is 9.55. The first-order valence-corrected chi connectivity index (χ1v) is 5.53. The van der Waals surface area contributed by atoms with Crippen molar-refractivity contribution in [1.29, 1.82) is 0 Å². The number of hydrogen-bond acceptors (Lipinski definition) is 4. The lowest BCUT2D eigenvalue weighted by molar-refractivity contribution is -0.137. The van der Waals surface area contributed by atoms with Crippen LogP contribution in [0.5, 0.6) is 0 Å². The molecular weight excluding hydrogens is 224 g/mol. The van der Waals surface area contributed by atoms with E-state index in [0.717, 1.165) is 12.8 Å². The van der Waals surface area contributed by atoms with E-state index in [1.165, 1.54) is 6.20 Å². The van der Waals surface area contributed by atoms with Gasteiger partial charge in [-0.25, -0.2) is 0 Å². The average molecular weight is 238 g/mol. The van der Waals surface area contributed by atoms with E-state index < -0.39 is 5.97 Å². The maximum atomic E-state index is 12.2. The van der Waals surface area contributed by atoms with Crippen molar-refractivity contribution in [1.82, 2.24) is 10.1 Å². The zero-order chi connectivity index (χ0) is 12.4. The smallest absolute Gasteiger partial charge is 0.305 e. The van der Waals surface area contributed by atoms with Gasteiger partial charge in [0, 0.05) is 12.6 Å². The highest BCUT2D eigenvalue weighted by molar-refractivity contribution is 5.95. The van der Waals surface area contributed by atoms with Gasteiger partial charge >= 0.3 is 5.97 Å². The summed E-state index contributed by atoms with van der Waals surface area (Å²) in [5.41, 5.74) is 0.419. The number of amides is 1. The maximum Gasteiger partial charge on any atom is 0.305 e. The number of carbonyl (C=O) groups excluding carboxylic acids is 1. The minimum atomic E-state index is -0.898. The molecule has 0 bridgehead atoms. The molecule has 1 fully saturated rings. The van der Waals surface area contributed by atoms with Crippen LogP contribution in [0.25, 0.3) is 0 Å². The van der Waals surface area contributed by atoms with Gasteiger partial charge in [0.05, 0.1) is 12.6 Å². The Kier molecular flexibility index (Phi) is 3.12. The summed E-state index contributed by atoms with van der Waals surface area (Å²) in [6.07, 6.45) is 3.23. The van der Waals surface area contributed by atoms with E-state index in [1.807, 2.05) is 0 Å². The Morgan fingerprint density at radius 1 is 1.59 bits per heavy atom. The molecule has 1 amide bonds. The normalized spacial score (nSPS) is 14.6. The van der Waals surface area contributed by atoms with Gasteiger partial charge in [0.15, 0.2) is 0 Å². The van der Waals surface area contributed by atoms with E-state index in [-0.39, 0.29) is 24.9 Å². The number of aromatic nitrogens is 1. The third kappa shape index (κ3) is 2.64. The highest BCUT2D eigenvalue weighted by Gasteiger charge is 2.34. The molecule has 1 aliphatic carbocycles. The molecule has 92 valence electrons. The first-order chi connectivity index (χ1) is 8.09. The molecule has 1 aromatic rings. The minimum absolute atomic E-state index is 0.0352. The van der Waals surface area contributed by atoms with Gasteiger partial charge in [-0.05, 0) is 19.8 Å². The van der Waals surface area contributed by atoms with Crippen LogP contribution in [0, 0.1) is 6.92 Å². The van der Waals surface area contributed by atoms with Crippen molar-refractivity contribution >= 4 is 11.9 Å². The van der Waals surface area contributed by atoms with E-state index in [9.17, 15) is 9.59 Å². The molecule has 0 spiro atoms. The molecule has 17 heavy (non-hydrogen) atoms.